The number of amides is 2. The monoisotopic (exact) mass is 561 g/mol. The van der Waals surface area contributed by atoms with E-state index in [0.717, 1.165) is 45.7 Å². The molecule has 0 radical (unpaired) electrons. The number of nitrogens with zero attached hydrogens (tertiary/aromatic N) is 4. The molecule has 0 saturated carbocycles. The molecule has 2 aliphatic rings. The van der Waals surface area contributed by atoms with Gasteiger partial charge in [-0.25, -0.2) is 4.39 Å². The number of thiocarbonyl (C=S) groups is 1. The number of hydrogen-bond donors (Lipinski definition) is 1. The van der Waals surface area contributed by atoms with Gasteiger partial charge in [0.25, 0.3) is 5.91 Å². The van der Waals surface area contributed by atoms with Gasteiger partial charge in [0.15, 0.2) is 5.11 Å². The number of ether oxygens (including phenoxy) is 1. The Bertz CT molecular complexity index is 1160. The third-order valence-electron chi connectivity index (χ3n) is 7.00. The normalized spacial score (nSPS) is 18.8. The van der Waals surface area contributed by atoms with Crippen LogP contribution in [0, 0.1) is 5.82 Å². The number of carbonyl (C=O) groups is 2. The molecule has 2 heterocycles. The van der Waals surface area contributed by atoms with Crippen LogP contribution in [0.25, 0.3) is 0 Å². The van der Waals surface area contributed by atoms with Gasteiger partial charge in [-0.3, -0.25) is 14.5 Å². The number of halogens is 2. The first-order valence-electron chi connectivity index (χ1n) is 12.8. The molecule has 8 nitrogen and oxygen atoms in total. The molecule has 1 N–H and O–H groups in total. The molecular weight excluding hydrogens is 529 g/mol. The van der Waals surface area contributed by atoms with Crippen LogP contribution in [0.1, 0.15) is 19.8 Å². The second-order valence-corrected chi connectivity index (χ2v) is 10.1. The van der Waals surface area contributed by atoms with E-state index in [1.807, 2.05) is 4.90 Å². The van der Waals surface area contributed by atoms with Crippen LogP contribution in [0.5, 0.6) is 5.75 Å². The lowest BCUT2D eigenvalue weighted by molar-refractivity contribution is -0.124. The van der Waals surface area contributed by atoms with Crippen molar-refractivity contribution in [3.63, 3.8) is 0 Å². The fourth-order valence-electron chi connectivity index (χ4n) is 4.83. The van der Waals surface area contributed by atoms with Crippen LogP contribution in [-0.4, -0.2) is 90.6 Å². The maximum Gasteiger partial charge on any atom is 0.256 e. The van der Waals surface area contributed by atoms with E-state index in [4.69, 9.17) is 28.6 Å². The molecule has 1 atom stereocenters. The van der Waals surface area contributed by atoms with Crippen LogP contribution in [0.4, 0.5) is 15.8 Å². The molecule has 0 aliphatic carbocycles. The van der Waals surface area contributed by atoms with Crippen LogP contribution in [0.2, 0.25) is 5.02 Å². The van der Waals surface area contributed by atoms with E-state index in [9.17, 15) is 14.0 Å². The molecule has 4 rings (SSSR count). The number of rotatable bonds is 10. The van der Waals surface area contributed by atoms with Gasteiger partial charge in [0.2, 0.25) is 5.91 Å². The number of anilines is 2. The fraction of sp³-hybridized carbons (Fsp3) is 0.444. The predicted octanol–water partition coefficient (Wildman–Crippen LogP) is 3.85. The number of nitrogens with one attached hydrogen (secondary N) is 1. The Balaban J connectivity index is 1.48. The Morgan fingerprint density at radius 2 is 1.79 bits per heavy atom. The van der Waals surface area contributed by atoms with Gasteiger partial charge < -0.3 is 24.8 Å². The summed E-state index contributed by atoms with van der Waals surface area (Å²) >= 11 is 12.1. The van der Waals surface area contributed by atoms with Crippen molar-refractivity contribution in [3.8, 4) is 5.75 Å². The Morgan fingerprint density at radius 3 is 2.42 bits per heavy atom. The van der Waals surface area contributed by atoms with Crippen molar-refractivity contribution in [3.05, 3.63) is 53.3 Å². The van der Waals surface area contributed by atoms with Crippen LogP contribution >= 0.6 is 23.8 Å². The molecule has 0 unspecified atom stereocenters. The number of piperazine rings is 1. The first-order chi connectivity index (χ1) is 18.3. The predicted molar refractivity (Wildman–Crippen MR) is 151 cm³/mol. The smallest absolute Gasteiger partial charge is 0.256 e. The zero-order valence-corrected chi connectivity index (χ0v) is 23.2. The lowest BCUT2D eigenvalue weighted by Crippen LogP contribution is -2.47. The summed E-state index contributed by atoms with van der Waals surface area (Å²) in [6.45, 7) is 8.78. The SMILES string of the molecule is CCN1CCN(CCCN2C(=S)N(c3ccc(OC)c(Cl)c3)C(=O)[C@@H]2CC(=O)Nc2ccc(F)cc2)CC1. The minimum atomic E-state index is -0.763. The fourth-order valence-corrected chi connectivity index (χ4v) is 5.50. The van der Waals surface area contributed by atoms with Gasteiger partial charge in [0.05, 0.1) is 24.2 Å². The molecule has 204 valence electrons. The van der Waals surface area contributed by atoms with Crippen molar-refractivity contribution in [1.82, 2.24) is 14.7 Å². The van der Waals surface area contributed by atoms with E-state index in [0.29, 0.717) is 33.8 Å². The standard InChI is InChI=1S/C27H33ClFN5O3S/c1-3-31-13-15-32(16-14-31)11-4-12-33-23(18-25(35)30-20-7-5-19(29)6-8-20)26(36)34(27(33)38)21-9-10-24(37-2)22(28)17-21/h5-10,17,23H,3-4,11-16,18H2,1-2H3,(H,30,35)/t23-/m0/s1. The van der Waals surface area contributed by atoms with Crippen molar-refractivity contribution in [1.29, 1.82) is 0 Å². The summed E-state index contributed by atoms with van der Waals surface area (Å²) in [4.78, 5) is 34.7. The van der Waals surface area contributed by atoms with E-state index in [2.05, 4.69) is 22.0 Å². The van der Waals surface area contributed by atoms with Crippen molar-refractivity contribution in [2.75, 3.05) is 63.1 Å². The maximum atomic E-state index is 13.6. The van der Waals surface area contributed by atoms with Gasteiger partial charge in [-0.05, 0) is 74.2 Å². The number of likely N-dealkylation sites (N-methyl/N-ethyl adjacent to an activating group) is 1. The Morgan fingerprint density at radius 1 is 1.11 bits per heavy atom. The second-order valence-electron chi connectivity index (χ2n) is 9.37. The average molecular weight is 562 g/mol. The molecule has 0 aromatic heterocycles. The lowest BCUT2D eigenvalue weighted by atomic mass is 10.1. The molecular formula is C27H33ClFN5O3S. The van der Waals surface area contributed by atoms with Gasteiger partial charge in [-0.1, -0.05) is 18.5 Å². The highest BCUT2D eigenvalue weighted by Gasteiger charge is 2.44. The third kappa shape index (κ3) is 6.61. The summed E-state index contributed by atoms with van der Waals surface area (Å²) < 4.78 is 18.5. The van der Waals surface area contributed by atoms with Gasteiger partial charge in [-0.2, -0.15) is 0 Å². The first-order valence-corrected chi connectivity index (χ1v) is 13.6. The number of benzene rings is 2. The second kappa shape index (κ2) is 12.8. The van der Waals surface area contributed by atoms with Gasteiger partial charge in [0.1, 0.15) is 17.6 Å². The molecule has 11 heteroatoms. The Labute approximate surface area is 233 Å². The van der Waals surface area contributed by atoms with Crippen molar-refractivity contribution in [2.24, 2.45) is 0 Å². The van der Waals surface area contributed by atoms with Crippen molar-refractivity contribution < 1.29 is 18.7 Å². The van der Waals surface area contributed by atoms with Gasteiger partial charge >= 0.3 is 0 Å². The summed E-state index contributed by atoms with van der Waals surface area (Å²) in [6, 6.07) is 9.79. The molecule has 0 spiro atoms. The summed E-state index contributed by atoms with van der Waals surface area (Å²) in [5.41, 5.74) is 0.980. The summed E-state index contributed by atoms with van der Waals surface area (Å²) in [5, 5.41) is 3.45. The quantitative estimate of drug-likeness (QED) is 0.442. The minimum absolute atomic E-state index is 0.0914. The van der Waals surface area contributed by atoms with E-state index in [1.54, 1.807) is 18.2 Å². The van der Waals surface area contributed by atoms with Crippen LogP contribution in [0.3, 0.4) is 0 Å². The lowest BCUT2D eigenvalue weighted by Gasteiger charge is -2.34. The third-order valence-corrected chi connectivity index (χ3v) is 7.72. The van der Waals surface area contributed by atoms with Crippen molar-refractivity contribution >= 4 is 52.1 Å². The van der Waals surface area contributed by atoms with Gasteiger partial charge in [-0.15, -0.1) is 0 Å². The molecule has 2 aromatic rings. The van der Waals surface area contributed by atoms with Crippen LogP contribution in [0.15, 0.2) is 42.5 Å². The number of methoxy groups -OCH3 is 1. The van der Waals surface area contributed by atoms with Crippen LogP contribution < -0.4 is 15.0 Å². The highest BCUT2D eigenvalue weighted by atomic mass is 35.5. The molecule has 2 amide bonds. The number of hydrogen-bond acceptors (Lipinski definition) is 6. The molecule has 2 aliphatic heterocycles. The van der Waals surface area contributed by atoms with Crippen LogP contribution in [-0.2, 0) is 9.59 Å². The molecule has 2 saturated heterocycles. The molecule has 38 heavy (non-hydrogen) atoms. The maximum absolute atomic E-state index is 13.6. The van der Waals surface area contributed by atoms with E-state index in [-0.39, 0.29) is 18.2 Å². The van der Waals surface area contributed by atoms with Crippen molar-refractivity contribution in [2.45, 2.75) is 25.8 Å². The zero-order chi connectivity index (χ0) is 27.2. The Kier molecular flexibility index (Phi) is 9.54. The molecule has 2 fully saturated rings. The highest BCUT2D eigenvalue weighted by Crippen LogP contribution is 2.33. The molecule has 0 bridgehead atoms. The van der Waals surface area contributed by atoms with E-state index >= 15 is 0 Å². The topological polar surface area (TPSA) is 68.4 Å². The summed E-state index contributed by atoms with van der Waals surface area (Å²) in [5.74, 6) is -0.547. The minimum Gasteiger partial charge on any atom is -0.495 e. The van der Waals surface area contributed by atoms with E-state index < -0.39 is 11.9 Å². The molecule has 2 aromatic carbocycles. The largest absolute Gasteiger partial charge is 0.495 e. The first kappa shape index (κ1) is 28.2. The summed E-state index contributed by atoms with van der Waals surface area (Å²) in [6.07, 6.45) is 0.707. The number of carbonyl (C=O) groups excluding carboxylic acids is 2. The Hall–Kier alpha value is -2.79. The average Bonchev–Trinajstić information content (AvgIpc) is 3.14. The van der Waals surface area contributed by atoms with Gasteiger partial charge in [0, 0.05) is 38.4 Å². The summed E-state index contributed by atoms with van der Waals surface area (Å²) in [7, 11) is 1.52. The zero-order valence-electron chi connectivity index (χ0n) is 21.7. The van der Waals surface area contributed by atoms with E-state index in [1.165, 1.54) is 36.3 Å². The highest BCUT2D eigenvalue weighted by molar-refractivity contribution is 7.80.